The lowest BCUT2D eigenvalue weighted by atomic mass is 9.92. The highest BCUT2D eigenvalue weighted by Crippen LogP contribution is 2.41. The SMILES string of the molecule is CCc1cc([C@@H](c2cccc(Cl)c2)N2CCC(C)CC2)c(NC(=O)c2ccccc2)s1. The van der Waals surface area contributed by atoms with Crippen LogP contribution >= 0.6 is 22.9 Å². The second-order valence-corrected chi connectivity index (χ2v) is 9.92. The molecule has 0 radical (unpaired) electrons. The normalized spacial score (nSPS) is 16.2. The quantitative estimate of drug-likeness (QED) is 0.435. The van der Waals surface area contributed by atoms with Crippen LogP contribution in [0.2, 0.25) is 5.02 Å². The van der Waals surface area contributed by atoms with Crippen LogP contribution in [0.5, 0.6) is 0 Å². The van der Waals surface area contributed by atoms with E-state index in [0.29, 0.717) is 5.56 Å². The predicted octanol–water partition coefficient (Wildman–Crippen LogP) is 7.04. The Balaban J connectivity index is 1.73. The number of thiophene rings is 1. The van der Waals surface area contributed by atoms with E-state index in [0.717, 1.165) is 35.5 Å². The summed E-state index contributed by atoms with van der Waals surface area (Å²) in [6, 6.07) is 19.9. The van der Waals surface area contributed by atoms with Crippen LogP contribution in [-0.4, -0.2) is 23.9 Å². The molecule has 1 atom stereocenters. The van der Waals surface area contributed by atoms with Crippen molar-refractivity contribution >= 4 is 33.8 Å². The van der Waals surface area contributed by atoms with Crippen molar-refractivity contribution in [3.63, 3.8) is 0 Å². The van der Waals surface area contributed by atoms with Crippen LogP contribution in [0, 0.1) is 5.92 Å². The zero-order chi connectivity index (χ0) is 21.8. The van der Waals surface area contributed by atoms with Crippen molar-refractivity contribution in [1.29, 1.82) is 0 Å². The van der Waals surface area contributed by atoms with Gasteiger partial charge in [0.05, 0.1) is 6.04 Å². The molecular weight excluding hydrogens is 424 g/mol. The van der Waals surface area contributed by atoms with Gasteiger partial charge >= 0.3 is 0 Å². The maximum absolute atomic E-state index is 13.0. The number of halogens is 1. The van der Waals surface area contributed by atoms with E-state index in [1.165, 1.54) is 28.8 Å². The zero-order valence-electron chi connectivity index (χ0n) is 18.1. The Kier molecular flexibility index (Phi) is 7.11. The number of anilines is 1. The average Bonchev–Trinajstić information content (AvgIpc) is 3.18. The molecule has 5 heteroatoms. The molecule has 31 heavy (non-hydrogen) atoms. The largest absolute Gasteiger partial charge is 0.313 e. The minimum Gasteiger partial charge on any atom is -0.313 e. The highest BCUT2D eigenvalue weighted by Gasteiger charge is 2.30. The zero-order valence-corrected chi connectivity index (χ0v) is 19.7. The fraction of sp³-hybridized carbons (Fsp3) is 0.346. The molecule has 4 rings (SSSR count). The van der Waals surface area contributed by atoms with Gasteiger partial charge in [0, 0.05) is 21.0 Å². The van der Waals surface area contributed by atoms with E-state index in [4.69, 9.17) is 11.6 Å². The number of nitrogens with one attached hydrogen (secondary N) is 1. The van der Waals surface area contributed by atoms with Gasteiger partial charge in [0.25, 0.3) is 5.91 Å². The third-order valence-electron chi connectivity index (χ3n) is 6.07. The molecule has 2 aromatic carbocycles. The Hall–Kier alpha value is -2.14. The van der Waals surface area contributed by atoms with E-state index in [1.54, 1.807) is 11.3 Å². The Labute approximate surface area is 194 Å². The lowest BCUT2D eigenvalue weighted by molar-refractivity contribution is 0.102. The smallest absolute Gasteiger partial charge is 0.256 e. The first-order valence-corrected chi connectivity index (χ1v) is 12.2. The van der Waals surface area contributed by atoms with Crippen molar-refractivity contribution in [2.75, 3.05) is 18.4 Å². The molecule has 1 N–H and O–H groups in total. The van der Waals surface area contributed by atoms with Gasteiger partial charge in [-0.25, -0.2) is 0 Å². The number of carbonyl (C=O) groups excluding carboxylic acids is 1. The molecule has 1 aliphatic rings. The third-order valence-corrected chi connectivity index (χ3v) is 7.51. The number of piperidine rings is 1. The van der Waals surface area contributed by atoms with Crippen molar-refractivity contribution in [2.45, 2.75) is 39.2 Å². The first-order chi connectivity index (χ1) is 15.0. The summed E-state index contributed by atoms with van der Waals surface area (Å²) in [7, 11) is 0. The standard InChI is InChI=1S/C26H29ClN2OS/c1-3-22-17-23(26(31-22)28-25(30)19-8-5-4-6-9-19)24(20-10-7-11-21(27)16-20)29-14-12-18(2)13-15-29/h4-11,16-18,24H,3,12-15H2,1-2H3,(H,28,30)/t24-/m1/s1. The van der Waals surface area contributed by atoms with E-state index >= 15 is 0 Å². The van der Waals surface area contributed by atoms with Crippen LogP contribution in [0.25, 0.3) is 0 Å². The minimum atomic E-state index is -0.0662. The van der Waals surface area contributed by atoms with Gasteiger partial charge < -0.3 is 5.32 Å². The van der Waals surface area contributed by atoms with Crippen LogP contribution in [0.3, 0.4) is 0 Å². The molecule has 1 aliphatic heterocycles. The van der Waals surface area contributed by atoms with Gasteiger partial charge in [0.2, 0.25) is 0 Å². The van der Waals surface area contributed by atoms with Gasteiger partial charge in [-0.05, 0) is 74.2 Å². The van der Waals surface area contributed by atoms with Crippen LogP contribution in [0.1, 0.15) is 59.1 Å². The molecule has 0 spiro atoms. The van der Waals surface area contributed by atoms with Gasteiger partial charge in [-0.1, -0.05) is 55.8 Å². The van der Waals surface area contributed by atoms with Crippen molar-refractivity contribution < 1.29 is 4.79 Å². The summed E-state index contributed by atoms with van der Waals surface area (Å²) in [4.78, 5) is 16.8. The molecule has 3 nitrogen and oxygen atoms in total. The van der Waals surface area contributed by atoms with E-state index in [-0.39, 0.29) is 11.9 Å². The van der Waals surface area contributed by atoms with Gasteiger partial charge in [-0.15, -0.1) is 11.3 Å². The number of hydrogen-bond acceptors (Lipinski definition) is 3. The number of hydrogen-bond donors (Lipinski definition) is 1. The molecule has 0 bridgehead atoms. The van der Waals surface area contributed by atoms with E-state index in [9.17, 15) is 4.79 Å². The molecule has 1 aromatic heterocycles. The van der Waals surface area contributed by atoms with Gasteiger partial charge in [0.15, 0.2) is 0 Å². The number of carbonyl (C=O) groups is 1. The second kappa shape index (κ2) is 9.99. The number of aryl methyl sites for hydroxylation is 1. The monoisotopic (exact) mass is 452 g/mol. The summed E-state index contributed by atoms with van der Waals surface area (Å²) >= 11 is 8.07. The second-order valence-electron chi connectivity index (χ2n) is 8.35. The molecule has 0 aliphatic carbocycles. The Morgan fingerprint density at radius 3 is 2.55 bits per heavy atom. The molecule has 2 heterocycles. The van der Waals surface area contributed by atoms with Crippen LogP contribution < -0.4 is 5.32 Å². The highest BCUT2D eigenvalue weighted by atomic mass is 35.5. The third kappa shape index (κ3) is 5.20. The minimum absolute atomic E-state index is 0.0662. The summed E-state index contributed by atoms with van der Waals surface area (Å²) in [5.74, 6) is 0.686. The maximum Gasteiger partial charge on any atom is 0.256 e. The number of likely N-dealkylation sites (tertiary alicyclic amines) is 1. The maximum atomic E-state index is 13.0. The average molecular weight is 453 g/mol. The molecule has 1 fully saturated rings. The van der Waals surface area contributed by atoms with Gasteiger partial charge in [-0.2, -0.15) is 0 Å². The lowest BCUT2D eigenvalue weighted by Crippen LogP contribution is -2.37. The number of amides is 1. The Morgan fingerprint density at radius 2 is 1.87 bits per heavy atom. The molecule has 0 unspecified atom stereocenters. The fourth-order valence-corrected chi connectivity index (χ4v) is 5.47. The first-order valence-electron chi connectivity index (χ1n) is 11.0. The topological polar surface area (TPSA) is 32.3 Å². The van der Waals surface area contributed by atoms with E-state index < -0.39 is 0 Å². The van der Waals surface area contributed by atoms with E-state index in [2.05, 4.69) is 42.3 Å². The summed E-state index contributed by atoms with van der Waals surface area (Å²) in [6.07, 6.45) is 3.32. The number of nitrogens with zero attached hydrogens (tertiary/aromatic N) is 1. The summed E-state index contributed by atoms with van der Waals surface area (Å²) in [5.41, 5.74) is 3.02. The van der Waals surface area contributed by atoms with Crippen molar-refractivity contribution in [2.24, 2.45) is 5.92 Å². The number of benzene rings is 2. The summed E-state index contributed by atoms with van der Waals surface area (Å²) in [6.45, 7) is 6.58. The molecule has 3 aromatic rings. The predicted molar refractivity (Wildman–Crippen MR) is 131 cm³/mol. The van der Waals surface area contributed by atoms with Crippen molar-refractivity contribution in [1.82, 2.24) is 4.90 Å². The van der Waals surface area contributed by atoms with Crippen LogP contribution in [0.4, 0.5) is 5.00 Å². The summed E-state index contributed by atoms with van der Waals surface area (Å²) < 4.78 is 0. The van der Waals surface area contributed by atoms with Gasteiger partial charge in [0.1, 0.15) is 5.00 Å². The molecule has 0 saturated carbocycles. The molecule has 162 valence electrons. The Morgan fingerprint density at radius 1 is 1.13 bits per heavy atom. The molecular formula is C26H29ClN2OS. The van der Waals surface area contributed by atoms with E-state index in [1.807, 2.05) is 42.5 Å². The first kappa shape index (κ1) is 22.1. The fourth-order valence-electron chi connectivity index (χ4n) is 4.25. The van der Waals surface area contributed by atoms with Gasteiger partial charge in [-0.3, -0.25) is 9.69 Å². The highest BCUT2D eigenvalue weighted by molar-refractivity contribution is 7.16. The Bertz CT molecular complexity index is 1020. The van der Waals surface area contributed by atoms with Crippen LogP contribution in [-0.2, 0) is 6.42 Å². The lowest BCUT2D eigenvalue weighted by Gasteiger charge is -2.37. The molecule has 1 saturated heterocycles. The summed E-state index contributed by atoms with van der Waals surface area (Å²) in [5, 5.41) is 4.90. The van der Waals surface area contributed by atoms with Crippen molar-refractivity contribution in [3.05, 3.63) is 87.3 Å². The number of rotatable bonds is 6. The van der Waals surface area contributed by atoms with Crippen molar-refractivity contribution in [3.8, 4) is 0 Å². The molecule has 1 amide bonds. The van der Waals surface area contributed by atoms with Crippen LogP contribution in [0.15, 0.2) is 60.7 Å².